The van der Waals surface area contributed by atoms with E-state index in [9.17, 15) is 4.79 Å². The Balaban J connectivity index is 2.26. The largest absolute Gasteiger partial charge is 0.481 e. The van der Waals surface area contributed by atoms with E-state index >= 15 is 0 Å². The van der Waals surface area contributed by atoms with Gasteiger partial charge in [0.05, 0.1) is 17.8 Å². The highest BCUT2D eigenvalue weighted by Crippen LogP contribution is 2.28. The lowest BCUT2D eigenvalue weighted by atomic mass is 10.1. The number of carboxylic acid groups (broad SMARTS) is 1. The zero-order valence-electron chi connectivity index (χ0n) is 10.2. The summed E-state index contributed by atoms with van der Waals surface area (Å²) in [6, 6.07) is 3.68. The monoisotopic (exact) mass is 273 g/mol. The van der Waals surface area contributed by atoms with Gasteiger partial charge in [0.2, 0.25) is 0 Å². The summed E-state index contributed by atoms with van der Waals surface area (Å²) >= 11 is 1.51. The molecule has 0 saturated carbocycles. The van der Waals surface area contributed by atoms with Gasteiger partial charge in [-0.3, -0.25) is 14.2 Å². The molecule has 0 bridgehead atoms. The van der Waals surface area contributed by atoms with Gasteiger partial charge in [-0.1, -0.05) is 0 Å². The zero-order chi connectivity index (χ0) is 13.4. The van der Waals surface area contributed by atoms with E-state index in [4.69, 9.17) is 5.11 Å². The van der Waals surface area contributed by atoms with E-state index in [-0.39, 0.29) is 6.42 Å². The number of rotatable bonds is 3. The number of hydrogen-bond donors (Lipinski definition) is 1. The molecule has 0 amide bonds. The molecule has 0 aliphatic carbocycles. The number of thiazole rings is 1. The second kappa shape index (κ2) is 4.47. The molecular formula is C13H11N3O2S. The van der Waals surface area contributed by atoms with Crippen molar-refractivity contribution in [2.45, 2.75) is 13.3 Å². The summed E-state index contributed by atoms with van der Waals surface area (Å²) in [4.78, 5) is 20.4. The Labute approximate surface area is 113 Å². The molecule has 96 valence electrons. The van der Waals surface area contributed by atoms with Crippen molar-refractivity contribution in [3.8, 4) is 11.3 Å². The third-order valence-electron chi connectivity index (χ3n) is 2.90. The highest BCUT2D eigenvalue weighted by atomic mass is 32.1. The number of pyridine rings is 1. The second-order valence-corrected chi connectivity index (χ2v) is 5.05. The summed E-state index contributed by atoms with van der Waals surface area (Å²) in [5.74, 6) is -0.859. The molecule has 0 spiro atoms. The number of aliphatic carboxylic acids is 1. The third-order valence-corrected chi connectivity index (χ3v) is 3.85. The van der Waals surface area contributed by atoms with Gasteiger partial charge in [0.25, 0.3) is 0 Å². The third kappa shape index (κ3) is 2.00. The van der Waals surface area contributed by atoms with E-state index in [0.29, 0.717) is 5.69 Å². The topological polar surface area (TPSA) is 67.5 Å². The van der Waals surface area contributed by atoms with Crippen LogP contribution in [0.3, 0.4) is 0 Å². The summed E-state index contributed by atoms with van der Waals surface area (Å²) in [5.41, 5.74) is 3.33. The predicted molar refractivity (Wildman–Crippen MR) is 72.4 cm³/mol. The normalized spacial score (nSPS) is 11.0. The fourth-order valence-electron chi connectivity index (χ4n) is 2.11. The summed E-state index contributed by atoms with van der Waals surface area (Å²) in [6.07, 6.45) is 3.32. The molecule has 0 aliphatic rings. The summed E-state index contributed by atoms with van der Waals surface area (Å²) < 4.78 is 1.91. The SMILES string of the molecule is Cc1csc2nc(-c3ccncc3)c(CC(=O)O)n12. The second-order valence-electron chi connectivity index (χ2n) is 4.21. The van der Waals surface area contributed by atoms with Crippen molar-refractivity contribution >= 4 is 22.3 Å². The van der Waals surface area contributed by atoms with Crippen LogP contribution in [0, 0.1) is 6.92 Å². The lowest BCUT2D eigenvalue weighted by Crippen LogP contribution is -2.05. The molecule has 0 saturated heterocycles. The van der Waals surface area contributed by atoms with Gasteiger partial charge in [0, 0.05) is 29.0 Å². The van der Waals surface area contributed by atoms with Crippen molar-refractivity contribution in [3.63, 3.8) is 0 Å². The van der Waals surface area contributed by atoms with E-state index < -0.39 is 5.97 Å². The number of nitrogens with zero attached hydrogens (tertiary/aromatic N) is 3. The van der Waals surface area contributed by atoms with E-state index in [1.54, 1.807) is 12.4 Å². The highest BCUT2D eigenvalue weighted by molar-refractivity contribution is 7.15. The molecule has 1 N–H and O–H groups in total. The predicted octanol–water partition coefficient (Wildman–Crippen LogP) is 2.39. The Hall–Kier alpha value is -2.21. The molecule has 3 heterocycles. The van der Waals surface area contributed by atoms with Crippen LogP contribution in [0.4, 0.5) is 0 Å². The molecule has 0 aliphatic heterocycles. The molecule has 3 aromatic heterocycles. The maximum atomic E-state index is 11.1. The Morgan fingerprint density at radius 1 is 1.42 bits per heavy atom. The number of carboxylic acids is 1. The molecule has 3 rings (SSSR count). The smallest absolute Gasteiger partial charge is 0.309 e. The number of imidazole rings is 1. The van der Waals surface area contributed by atoms with Crippen LogP contribution in [0.1, 0.15) is 11.4 Å². The number of aromatic nitrogens is 3. The minimum atomic E-state index is -0.859. The summed E-state index contributed by atoms with van der Waals surface area (Å²) in [5, 5.41) is 11.1. The van der Waals surface area contributed by atoms with Crippen LogP contribution in [-0.4, -0.2) is 25.4 Å². The first kappa shape index (κ1) is 11.9. The molecular weight excluding hydrogens is 262 g/mol. The van der Waals surface area contributed by atoms with Gasteiger partial charge in [0.15, 0.2) is 4.96 Å². The van der Waals surface area contributed by atoms with Crippen molar-refractivity contribution in [2.24, 2.45) is 0 Å². The number of aryl methyl sites for hydroxylation is 1. The number of fused-ring (bicyclic) bond motifs is 1. The lowest BCUT2D eigenvalue weighted by Gasteiger charge is -2.02. The first-order valence-corrected chi connectivity index (χ1v) is 6.62. The van der Waals surface area contributed by atoms with Gasteiger partial charge in [-0.15, -0.1) is 11.3 Å². The fourth-order valence-corrected chi connectivity index (χ4v) is 3.00. The van der Waals surface area contributed by atoms with Crippen LogP contribution in [0.15, 0.2) is 29.9 Å². The first-order valence-electron chi connectivity index (χ1n) is 5.74. The molecule has 19 heavy (non-hydrogen) atoms. The zero-order valence-corrected chi connectivity index (χ0v) is 11.0. The van der Waals surface area contributed by atoms with Crippen molar-refractivity contribution in [1.82, 2.24) is 14.4 Å². The maximum Gasteiger partial charge on any atom is 0.309 e. The van der Waals surface area contributed by atoms with Crippen LogP contribution in [0.2, 0.25) is 0 Å². The van der Waals surface area contributed by atoms with Crippen molar-refractivity contribution in [3.05, 3.63) is 41.3 Å². The van der Waals surface area contributed by atoms with Gasteiger partial charge in [-0.25, -0.2) is 4.98 Å². The molecule has 0 unspecified atom stereocenters. The van der Waals surface area contributed by atoms with Crippen molar-refractivity contribution in [1.29, 1.82) is 0 Å². The van der Waals surface area contributed by atoms with E-state index in [1.165, 1.54) is 11.3 Å². The molecule has 6 heteroatoms. The highest BCUT2D eigenvalue weighted by Gasteiger charge is 2.18. The van der Waals surface area contributed by atoms with Gasteiger partial charge in [0.1, 0.15) is 0 Å². The van der Waals surface area contributed by atoms with E-state index in [1.807, 2.05) is 28.8 Å². The molecule has 3 aromatic rings. The number of carbonyl (C=O) groups is 1. The first-order chi connectivity index (χ1) is 9.16. The molecule has 0 fully saturated rings. The Morgan fingerprint density at radius 3 is 2.84 bits per heavy atom. The number of hydrogen-bond acceptors (Lipinski definition) is 4. The molecule has 0 radical (unpaired) electrons. The summed E-state index contributed by atoms with van der Waals surface area (Å²) in [7, 11) is 0. The van der Waals surface area contributed by atoms with Gasteiger partial charge >= 0.3 is 5.97 Å². The van der Waals surface area contributed by atoms with Crippen molar-refractivity contribution in [2.75, 3.05) is 0 Å². The Kier molecular flexibility index (Phi) is 2.79. The average Bonchev–Trinajstić information content (AvgIpc) is 2.92. The molecule has 0 aromatic carbocycles. The van der Waals surface area contributed by atoms with Gasteiger partial charge in [-0.2, -0.15) is 0 Å². The molecule has 0 atom stereocenters. The standard InChI is InChI=1S/C13H11N3O2S/c1-8-7-19-13-15-12(9-2-4-14-5-3-9)10(16(8)13)6-11(17)18/h2-5,7H,6H2,1H3,(H,17,18). The Morgan fingerprint density at radius 2 is 2.16 bits per heavy atom. The average molecular weight is 273 g/mol. The summed E-state index contributed by atoms with van der Waals surface area (Å²) in [6.45, 7) is 1.95. The van der Waals surface area contributed by atoms with Crippen molar-refractivity contribution < 1.29 is 9.90 Å². The minimum Gasteiger partial charge on any atom is -0.481 e. The van der Waals surface area contributed by atoms with E-state index in [0.717, 1.165) is 21.9 Å². The van der Waals surface area contributed by atoms with Gasteiger partial charge in [-0.05, 0) is 19.1 Å². The van der Waals surface area contributed by atoms with Crippen LogP contribution >= 0.6 is 11.3 Å². The fraction of sp³-hybridized carbons (Fsp3) is 0.154. The lowest BCUT2D eigenvalue weighted by molar-refractivity contribution is -0.136. The quantitative estimate of drug-likeness (QED) is 0.795. The van der Waals surface area contributed by atoms with Crippen LogP contribution < -0.4 is 0 Å². The minimum absolute atomic E-state index is 0.0452. The Bertz CT molecular complexity index is 746. The van der Waals surface area contributed by atoms with E-state index in [2.05, 4.69) is 9.97 Å². The van der Waals surface area contributed by atoms with Crippen LogP contribution in [0.5, 0.6) is 0 Å². The van der Waals surface area contributed by atoms with Crippen LogP contribution in [-0.2, 0) is 11.2 Å². The van der Waals surface area contributed by atoms with Crippen LogP contribution in [0.25, 0.3) is 16.2 Å². The maximum absolute atomic E-state index is 11.1. The molecule has 5 nitrogen and oxygen atoms in total. The van der Waals surface area contributed by atoms with Gasteiger partial charge < -0.3 is 5.11 Å².